The van der Waals surface area contributed by atoms with Crippen molar-refractivity contribution in [1.29, 1.82) is 0 Å². The van der Waals surface area contributed by atoms with Gasteiger partial charge < -0.3 is 4.74 Å². The second-order valence-corrected chi connectivity index (χ2v) is 4.21. The van der Waals surface area contributed by atoms with E-state index in [0.717, 1.165) is 28.0 Å². The smallest absolute Gasteiger partial charge is 0.127 e. The first-order valence-corrected chi connectivity index (χ1v) is 6.36. The number of benzene rings is 2. The van der Waals surface area contributed by atoms with Crippen LogP contribution in [0.2, 0.25) is 0 Å². The first kappa shape index (κ1) is 14.1. The van der Waals surface area contributed by atoms with Crippen molar-refractivity contribution >= 4 is 6.21 Å². The highest BCUT2D eigenvalue weighted by Crippen LogP contribution is 2.32. The fourth-order valence-corrected chi connectivity index (χ4v) is 2.02. The molecule has 0 aliphatic rings. The SMILES string of the molecule is [CH2]c1ccc(-c2ccccc2C=NNO)c(OCC)c1. The molecule has 2 aromatic carbocycles. The fraction of sp³-hybridized carbons (Fsp3) is 0.125. The first-order valence-electron chi connectivity index (χ1n) is 6.36. The van der Waals surface area contributed by atoms with Crippen LogP contribution in [-0.4, -0.2) is 18.0 Å². The predicted molar refractivity (Wildman–Crippen MR) is 80.0 cm³/mol. The van der Waals surface area contributed by atoms with E-state index < -0.39 is 0 Å². The zero-order chi connectivity index (χ0) is 14.4. The normalized spacial score (nSPS) is 10.8. The Morgan fingerprint density at radius 2 is 2.05 bits per heavy atom. The molecular formula is C16H17N2O2. The fourth-order valence-electron chi connectivity index (χ4n) is 2.02. The van der Waals surface area contributed by atoms with E-state index in [9.17, 15) is 0 Å². The summed E-state index contributed by atoms with van der Waals surface area (Å²) in [6, 6.07) is 13.6. The lowest BCUT2D eigenvalue weighted by Crippen LogP contribution is -1.99. The van der Waals surface area contributed by atoms with Gasteiger partial charge in [0.05, 0.1) is 12.8 Å². The van der Waals surface area contributed by atoms with Crippen molar-refractivity contribution < 1.29 is 9.94 Å². The molecule has 0 atom stereocenters. The highest BCUT2D eigenvalue weighted by molar-refractivity contribution is 5.91. The quantitative estimate of drug-likeness (QED) is 0.647. The zero-order valence-corrected chi connectivity index (χ0v) is 11.3. The van der Waals surface area contributed by atoms with Crippen LogP contribution in [-0.2, 0) is 0 Å². The van der Waals surface area contributed by atoms with Crippen LogP contribution in [0.4, 0.5) is 0 Å². The van der Waals surface area contributed by atoms with E-state index in [1.54, 1.807) is 11.8 Å². The topological polar surface area (TPSA) is 53.9 Å². The molecule has 0 unspecified atom stereocenters. The molecule has 0 saturated carbocycles. The molecule has 0 bridgehead atoms. The minimum atomic E-state index is 0.588. The lowest BCUT2D eigenvalue weighted by Gasteiger charge is -2.13. The Bertz CT molecular complexity index is 609. The summed E-state index contributed by atoms with van der Waals surface area (Å²) in [5.41, 5.74) is 5.51. The molecule has 0 heterocycles. The van der Waals surface area contributed by atoms with E-state index in [-0.39, 0.29) is 0 Å². The van der Waals surface area contributed by atoms with Crippen molar-refractivity contribution in [3.8, 4) is 16.9 Å². The van der Waals surface area contributed by atoms with Gasteiger partial charge in [0.1, 0.15) is 5.75 Å². The summed E-state index contributed by atoms with van der Waals surface area (Å²) in [5, 5.41) is 12.2. The highest BCUT2D eigenvalue weighted by atomic mass is 16.5. The van der Waals surface area contributed by atoms with Crippen molar-refractivity contribution in [1.82, 2.24) is 5.59 Å². The summed E-state index contributed by atoms with van der Waals surface area (Å²) in [6.07, 6.45) is 1.56. The van der Waals surface area contributed by atoms with Crippen molar-refractivity contribution in [2.45, 2.75) is 6.92 Å². The maximum atomic E-state index is 8.58. The molecule has 2 N–H and O–H groups in total. The van der Waals surface area contributed by atoms with Gasteiger partial charge in [-0.15, -0.1) is 0 Å². The lowest BCUT2D eigenvalue weighted by atomic mass is 9.98. The Morgan fingerprint density at radius 3 is 2.80 bits per heavy atom. The molecule has 1 radical (unpaired) electrons. The molecule has 4 nitrogen and oxygen atoms in total. The van der Waals surface area contributed by atoms with Gasteiger partial charge >= 0.3 is 0 Å². The number of hydrogen-bond donors (Lipinski definition) is 2. The van der Waals surface area contributed by atoms with Crippen LogP contribution >= 0.6 is 0 Å². The summed E-state index contributed by atoms with van der Waals surface area (Å²) < 4.78 is 5.68. The van der Waals surface area contributed by atoms with E-state index in [1.807, 2.05) is 49.4 Å². The third kappa shape index (κ3) is 3.16. The van der Waals surface area contributed by atoms with Crippen molar-refractivity contribution in [3.63, 3.8) is 0 Å². The third-order valence-electron chi connectivity index (χ3n) is 2.86. The number of hydrazone groups is 1. The van der Waals surface area contributed by atoms with E-state index in [1.165, 1.54) is 0 Å². The molecule has 0 fully saturated rings. The zero-order valence-electron chi connectivity index (χ0n) is 11.3. The molecule has 103 valence electrons. The maximum absolute atomic E-state index is 8.58. The molecule has 2 rings (SSSR count). The number of hydrogen-bond acceptors (Lipinski definition) is 4. The van der Waals surface area contributed by atoms with E-state index in [0.29, 0.717) is 6.61 Å². The summed E-state index contributed by atoms with van der Waals surface area (Å²) in [4.78, 5) is 0. The summed E-state index contributed by atoms with van der Waals surface area (Å²) in [7, 11) is 0. The van der Waals surface area contributed by atoms with Crippen LogP contribution < -0.4 is 10.3 Å². The van der Waals surface area contributed by atoms with Gasteiger partial charge in [-0.05, 0) is 31.0 Å². The van der Waals surface area contributed by atoms with E-state index in [2.05, 4.69) is 12.0 Å². The van der Waals surface area contributed by atoms with E-state index >= 15 is 0 Å². The minimum Gasteiger partial charge on any atom is -0.493 e. The largest absolute Gasteiger partial charge is 0.493 e. The maximum Gasteiger partial charge on any atom is 0.127 e. The van der Waals surface area contributed by atoms with Gasteiger partial charge in [-0.25, -0.2) is 0 Å². The van der Waals surface area contributed by atoms with Crippen molar-refractivity contribution in [2.75, 3.05) is 6.61 Å². The van der Waals surface area contributed by atoms with Gasteiger partial charge in [-0.2, -0.15) is 10.7 Å². The lowest BCUT2D eigenvalue weighted by molar-refractivity contribution is 0.173. The van der Waals surface area contributed by atoms with Gasteiger partial charge in [-0.3, -0.25) is 5.21 Å². The molecule has 0 aliphatic heterocycles. The Hall–Kier alpha value is -2.33. The van der Waals surface area contributed by atoms with Crippen LogP contribution in [0.1, 0.15) is 18.1 Å². The van der Waals surface area contributed by atoms with Crippen LogP contribution in [0.25, 0.3) is 11.1 Å². The Kier molecular flexibility index (Phi) is 4.74. The molecule has 0 aliphatic carbocycles. The van der Waals surface area contributed by atoms with E-state index in [4.69, 9.17) is 9.94 Å². The molecule has 0 amide bonds. The molecule has 0 saturated heterocycles. The Morgan fingerprint density at radius 1 is 1.25 bits per heavy atom. The summed E-state index contributed by atoms with van der Waals surface area (Å²) in [5.74, 6) is 0.790. The van der Waals surface area contributed by atoms with Gasteiger partial charge in [-0.1, -0.05) is 36.4 Å². The van der Waals surface area contributed by atoms with Crippen LogP contribution in [0.3, 0.4) is 0 Å². The average Bonchev–Trinajstić information content (AvgIpc) is 2.46. The Balaban J connectivity index is 2.53. The predicted octanol–water partition coefficient (Wildman–Crippen LogP) is 3.25. The average molecular weight is 269 g/mol. The molecular weight excluding hydrogens is 252 g/mol. The van der Waals surface area contributed by atoms with Crippen molar-refractivity contribution in [3.05, 3.63) is 60.5 Å². The highest BCUT2D eigenvalue weighted by Gasteiger charge is 2.09. The number of rotatable bonds is 5. The second kappa shape index (κ2) is 6.73. The molecule has 0 spiro atoms. The summed E-state index contributed by atoms with van der Waals surface area (Å²) >= 11 is 0. The molecule has 0 aromatic heterocycles. The van der Waals surface area contributed by atoms with Gasteiger partial charge in [0.15, 0.2) is 0 Å². The molecule has 4 heteroatoms. The monoisotopic (exact) mass is 269 g/mol. The third-order valence-corrected chi connectivity index (χ3v) is 2.86. The van der Waals surface area contributed by atoms with Crippen molar-refractivity contribution in [2.24, 2.45) is 5.10 Å². The molecule has 20 heavy (non-hydrogen) atoms. The van der Waals surface area contributed by atoms with Crippen LogP contribution in [0.15, 0.2) is 47.6 Å². The van der Waals surface area contributed by atoms with Gasteiger partial charge in [0.25, 0.3) is 0 Å². The van der Waals surface area contributed by atoms with Gasteiger partial charge in [0, 0.05) is 11.1 Å². The van der Waals surface area contributed by atoms with Crippen LogP contribution in [0, 0.1) is 6.92 Å². The minimum absolute atomic E-state index is 0.588. The summed E-state index contributed by atoms with van der Waals surface area (Å²) in [6.45, 7) is 6.46. The number of nitrogens with one attached hydrogen (secondary N) is 1. The number of ether oxygens (including phenoxy) is 1. The Labute approximate surface area is 118 Å². The van der Waals surface area contributed by atoms with Crippen LogP contribution in [0.5, 0.6) is 5.75 Å². The standard InChI is InChI=1S/C16H17N2O2/c1-3-20-16-10-12(2)8-9-15(16)14-7-5-4-6-13(14)11-17-18-19/h4-11,18-19H,2-3H2,1H3. The van der Waals surface area contributed by atoms with Gasteiger partial charge in [0.2, 0.25) is 0 Å². The second-order valence-electron chi connectivity index (χ2n) is 4.21. The first-order chi connectivity index (χ1) is 9.76. The number of nitrogens with zero attached hydrogens (tertiary/aromatic N) is 1. The molecule has 2 aromatic rings.